The van der Waals surface area contributed by atoms with Crippen LogP contribution in [0.3, 0.4) is 0 Å². The fourth-order valence-corrected chi connectivity index (χ4v) is 0.875. The third-order valence-corrected chi connectivity index (χ3v) is 1.53. The number of carboxylic acid groups (broad SMARTS) is 2. The van der Waals surface area contributed by atoms with Crippen LogP contribution in [-0.4, -0.2) is 81.3 Å². The minimum Gasteiger partial charge on any atom is -0.478 e. The summed E-state index contributed by atoms with van der Waals surface area (Å²) in [5.74, 6) is -2.41. The van der Waals surface area contributed by atoms with E-state index in [4.69, 9.17) is 15.9 Å². The first kappa shape index (κ1) is 17.4. The molecule has 2 radical (unpaired) electrons. The van der Waals surface area contributed by atoms with Crippen molar-refractivity contribution in [3.8, 4) is 0 Å². The van der Waals surface area contributed by atoms with E-state index < -0.39 is 11.9 Å². The molecule has 1 aromatic carbocycles. The van der Waals surface area contributed by atoms with Crippen molar-refractivity contribution in [1.82, 2.24) is 0 Å². The number of carbonyl (C=O) groups is 2. The number of hydrogen-bond acceptors (Lipinski definition) is 3. The molecule has 5 nitrogen and oxygen atoms in total. The van der Waals surface area contributed by atoms with Crippen molar-refractivity contribution in [1.29, 1.82) is 0 Å². The number of nitrogen functional groups attached to an aromatic ring is 1. The first-order valence-corrected chi connectivity index (χ1v) is 3.38. The summed E-state index contributed by atoms with van der Waals surface area (Å²) in [6, 6.07) is 3.54. The normalized spacial score (nSPS) is 8.27. The first-order chi connectivity index (χ1) is 6.02. The van der Waals surface area contributed by atoms with Gasteiger partial charge in [-0.05, 0) is 18.2 Å². The first-order valence-electron chi connectivity index (χ1n) is 3.38. The predicted molar refractivity (Wildman–Crippen MR) is 56.3 cm³/mol. The third-order valence-electron chi connectivity index (χ3n) is 1.53. The molecule has 7 heteroatoms. The summed E-state index contributed by atoms with van der Waals surface area (Å²) in [6.45, 7) is 0. The van der Waals surface area contributed by atoms with Crippen LogP contribution in [0.5, 0.6) is 0 Å². The molecule has 0 atom stereocenters. The molecular formula is C8H7NNa2O4. The van der Waals surface area contributed by atoms with Crippen LogP contribution >= 0.6 is 0 Å². The molecule has 4 N–H and O–H groups in total. The number of hydrogen-bond donors (Lipinski definition) is 3. The molecule has 70 valence electrons. The van der Waals surface area contributed by atoms with E-state index in [9.17, 15) is 9.59 Å². The van der Waals surface area contributed by atoms with Crippen LogP contribution in [0.25, 0.3) is 0 Å². The average molecular weight is 227 g/mol. The number of nitrogens with two attached hydrogens (primary N) is 1. The standard InChI is InChI=1S/C8H7NO4.2Na/c9-6-2-1-4(7(10)11)3-5(6)8(12)13;;/h1-3H,9H2,(H,10,11)(H,12,13);;. The van der Waals surface area contributed by atoms with Crippen molar-refractivity contribution in [2.75, 3.05) is 5.73 Å². The van der Waals surface area contributed by atoms with Gasteiger partial charge < -0.3 is 15.9 Å². The van der Waals surface area contributed by atoms with Gasteiger partial charge in [0.2, 0.25) is 0 Å². The fraction of sp³-hybridized carbons (Fsp3) is 0. The van der Waals surface area contributed by atoms with Gasteiger partial charge in [0.25, 0.3) is 0 Å². The Morgan fingerprint density at radius 1 is 1.07 bits per heavy atom. The van der Waals surface area contributed by atoms with E-state index in [1.165, 1.54) is 12.1 Å². The number of anilines is 1. The Kier molecular flexibility index (Phi) is 8.41. The smallest absolute Gasteiger partial charge is 0.337 e. The molecule has 0 amide bonds. The molecule has 0 aromatic heterocycles. The van der Waals surface area contributed by atoms with Gasteiger partial charge >= 0.3 is 11.9 Å². The Balaban J connectivity index is 0. The minimum atomic E-state index is -1.24. The molecule has 1 aromatic rings. The molecule has 0 aliphatic carbocycles. The van der Waals surface area contributed by atoms with Crippen LogP contribution in [0.15, 0.2) is 18.2 Å². The number of rotatable bonds is 2. The van der Waals surface area contributed by atoms with E-state index in [0.717, 1.165) is 6.07 Å². The van der Waals surface area contributed by atoms with Gasteiger partial charge in [-0.3, -0.25) is 0 Å². The fourth-order valence-electron chi connectivity index (χ4n) is 0.875. The van der Waals surface area contributed by atoms with Gasteiger partial charge in [0.15, 0.2) is 0 Å². The Bertz CT molecular complexity index is 381. The van der Waals surface area contributed by atoms with E-state index in [0.29, 0.717) is 0 Å². The van der Waals surface area contributed by atoms with Gasteiger partial charge in [-0.25, -0.2) is 9.59 Å². The number of aromatic carboxylic acids is 2. The molecule has 0 heterocycles. The zero-order valence-corrected chi connectivity index (χ0v) is 12.5. The molecule has 15 heavy (non-hydrogen) atoms. The van der Waals surface area contributed by atoms with Crippen molar-refractivity contribution in [2.24, 2.45) is 0 Å². The zero-order valence-electron chi connectivity index (χ0n) is 8.52. The van der Waals surface area contributed by atoms with Crippen molar-refractivity contribution in [3.63, 3.8) is 0 Å². The quantitative estimate of drug-likeness (QED) is 0.484. The van der Waals surface area contributed by atoms with E-state index in [1.807, 2.05) is 0 Å². The maximum atomic E-state index is 10.5. The summed E-state index contributed by atoms with van der Waals surface area (Å²) in [7, 11) is 0. The Hall–Kier alpha value is -0.0400. The van der Waals surface area contributed by atoms with Crippen LogP contribution in [0.4, 0.5) is 5.69 Å². The van der Waals surface area contributed by atoms with Gasteiger partial charge in [-0.15, -0.1) is 0 Å². The molecule has 0 saturated carbocycles. The summed E-state index contributed by atoms with van der Waals surface area (Å²) in [5, 5.41) is 17.1. The Morgan fingerprint density at radius 3 is 2.00 bits per heavy atom. The maximum absolute atomic E-state index is 10.5. The topological polar surface area (TPSA) is 101 Å². The van der Waals surface area contributed by atoms with Crippen LogP contribution < -0.4 is 5.73 Å². The average Bonchev–Trinajstić information content (AvgIpc) is 2.04. The van der Waals surface area contributed by atoms with Crippen LogP contribution in [0.1, 0.15) is 20.7 Å². The van der Waals surface area contributed by atoms with Gasteiger partial charge in [-0.1, -0.05) is 0 Å². The molecule has 0 aliphatic heterocycles. The third kappa shape index (κ3) is 4.55. The Morgan fingerprint density at radius 2 is 1.60 bits per heavy atom. The second-order valence-electron chi connectivity index (χ2n) is 2.41. The molecular weight excluding hydrogens is 220 g/mol. The van der Waals surface area contributed by atoms with E-state index in [1.54, 1.807) is 0 Å². The van der Waals surface area contributed by atoms with Gasteiger partial charge in [0.05, 0.1) is 11.1 Å². The van der Waals surface area contributed by atoms with Gasteiger partial charge in [-0.2, -0.15) is 0 Å². The molecule has 0 aliphatic rings. The van der Waals surface area contributed by atoms with Crippen molar-refractivity contribution in [3.05, 3.63) is 29.3 Å². The summed E-state index contributed by atoms with van der Waals surface area (Å²) >= 11 is 0. The van der Waals surface area contributed by atoms with Crippen LogP contribution in [-0.2, 0) is 0 Å². The van der Waals surface area contributed by atoms with Gasteiger partial charge in [0, 0.05) is 64.8 Å². The Labute approximate surface area is 130 Å². The molecule has 0 fully saturated rings. The molecule has 0 unspecified atom stereocenters. The molecule has 0 saturated heterocycles. The largest absolute Gasteiger partial charge is 0.478 e. The van der Waals surface area contributed by atoms with E-state index in [2.05, 4.69) is 0 Å². The number of carboxylic acids is 2. The van der Waals surface area contributed by atoms with E-state index in [-0.39, 0.29) is 75.9 Å². The molecule has 0 bridgehead atoms. The molecule has 0 spiro atoms. The SMILES string of the molecule is Nc1ccc(C(=O)O)cc1C(=O)O.[Na].[Na]. The van der Waals surface area contributed by atoms with Crippen LogP contribution in [0, 0.1) is 0 Å². The number of benzene rings is 1. The second-order valence-corrected chi connectivity index (χ2v) is 2.41. The van der Waals surface area contributed by atoms with E-state index >= 15 is 0 Å². The summed E-state index contributed by atoms with van der Waals surface area (Å²) in [6.07, 6.45) is 0. The summed E-state index contributed by atoms with van der Waals surface area (Å²) in [5.41, 5.74) is 5.08. The molecule has 1 rings (SSSR count). The second kappa shape index (κ2) is 7.27. The minimum absolute atomic E-state index is 0. The predicted octanol–water partition coefficient (Wildman–Crippen LogP) is -0.0964. The van der Waals surface area contributed by atoms with Crippen molar-refractivity contribution in [2.45, 2.75) is 0 Å². The summed E-state index contributed by atoms with van der Waals surface area (Å²) in [4.78, 5) is 21.0. The van der Waals surface area contributed by atoms with Crippen molar-refractivity contribution >= 4 is 76.7 Å². The monoisotopic (exact) mass is 227 g/mol. The van der Waals surface area contributed by atoms with Crippen LogP contribution in [0.2, 0.25) is 0 Å². The van der Waals surface area contributed by atoms with Crippen molar-refractivity contribution < 1.29 is 19.8 Å². The summed E-state index contributed by atoms with van der Waals surface area (Å²) < 4.78 is 0. The zero-order chi connectivity index (χ0) is 10.0. The maximum Gasteiger partial charge on any atom is 0.337 e. The van der Waals surface area contributed by atoms with Gasteiger partial charge in [0.1, 0.15) is 0 Å².